The SMILES string of the molecule is COc1ccc(OCCn2c(-c3ccc(Cl)cc3Cl)nc3ccccc32)cc1. The van der Waals surface area contributed by atoms with Crippen LogP contribution in [0.2, 0.25) is 10.0 Å². The van der Waals surface area contributed by atoms with Gasteiger partial charge in [-0.3, -0.25) is 0 Å². The lowest BCUT2D eigenvalue weighted by Gasteiger charge is -2.12. The van der Waals surface area contributed by atoms with Gasteiger partial charge in [-0.15, -0.1) is 0 Å². The predicted octanol–water partition coefficient (Wildman–Crippen LogP) is 6.10. The quantitative estimate of drug-likeness (QED) is 0.383. The maximum Gasteiger partial charge on any atom is 0.142 e. The summed E-state index contributed by atoms with van der Waals surface area (Å²) in [4.78, 5) is 4.79. The van der Waals surface area contributed by atoms with Crippen molar-refractivity contribution < 1.29 is 9.47 Å². The van der Waals surface area contributed by atoms with E-state index < -0.39 is 0 Å². The van der Waals surface area contributed by atoms with Crippen LogP contribution in [-0.4, -0.2) is 23.3 Å². The molecule has 28 heavy (non-hydrogen) atoms. The van der Waals surface area contributed by atoms with Gasteiger partial charge in [0, 0.05) is 10.6 Å². The Hall–Kier alpha value is -2.69. The van der Waals surface area contributed by atoms with Crippen LogP contribution in [0.15, 0.2) is 66.7 Å². The zero-order valence-corrected chi connectivity index (χ0v) is 16.7. The topological polar surface area (TPSA) is 36.3 Å². The van der Waals surface area contributed by atoms with E-state index in [1.807, 2.05) is 60.7 Å². The van der Waals surface area contributed by atoms with E-state index in [0.29, 0.717) is 23.2 Å². The van der Waals surface area contributed by atoms with Crippen LogP contribution < -0.4 is 9.47 Å². The summed E-state index contributed by atoms with van der Waals surface area (Å²) in [5.74, 6) is 2.38. The molecule has 0 aliphatic heterocycles. The molecule has 4 rings (SSSR count). The summed E-state index contributed by atoms with van der Waals surface area (Å²) in [6.45, 7) is 1.12. The van der Waals surface area contributed by atoms with Crippen LogP contribution in [0.3, 0.4) is 0 Å². The van der Waals surface area contributed by atoms with Crippen LogP contribution in [0.25, 0.3) is 22.4 Å². The standard InChI is InChI=1S/C22H18Cl2N2O2/c1-27-16-7-9-17(10-8-16)28-13-12-26-21-5-3-2-4-20(21)25-22(26)18-11-6-15(23)14-19(18)24/h2-11,14H,12-13H2,1H3. The number of halogens is 2. The Morgan fingerprint density at radius 3 is 2.43 bits per heavy atom. The van der Waals surface area contributed by atoms with Gasteiger partial charge < -0.3 is 14.0 Å². The van der Waals surface area contributed by atoms with Crippen molar-refractivity contribution in [1.29, 1.82) is 0 Å². The number of benzene rings is 3. The monoisotopic (exact) mass is 412 g/mol. The average molecular weight is 413 g/mol. The Kier molecular flexibility index (Phi) is 5.42. The summed E-state index contributed by atoms with van der Waals surface area (Å²) >= 11 is 12.5. The van der Waals surface area contributed by atoms with Gasteiger partial charge in [-0.25, -0.2) is 4.98 Å². The molecule has 0 bridgehead atoms. The number of rotatable bonds is 6. The molecule has 0 atom stereocenters. The minimum atomic E-state index is 0.491. The van der Waals surface area contributed by atoms with E-state index in [2.05, 4.69) is 4.57 Å². The molecule has 3 aromatic carbocycles. The molecule has 0 radical (unpaired) electrons. The van der Waals surface area contributed by atoms with Crippen molar-refractivity contribution in [2.24, 2.45) is 0 Å². The maximum absolute atomic E-state index is 6.44. The van der Waals surface area contributed by atoms with Crippen LogP contribution in [0.4, 0.5) is 0 Å². The number of hydrogen-bond acceptors (Lipinski definition) is 3. The molecule has 4 nitrogen and oxygen atoms in total. The lowest BCUT2D eigenvalue weighted by atomic mass is 10.2. The van der Waals surface area contributed by atoms with E-state index in [-0.39, 0.29) is 0 Å². The first-order valence-electron chi connectivity index (χ1n) is 8.83. The summed E-state index contributed by atoms with van der Waals surface area (Å²) in [7, 11) is 1.64. The summed E-state index contributed by atoms with van der Waals surface area (Å²) in [5, 5.41) is 1.17. The Labute approximate surface area is 173 Å². The van der Waals surface area contributed by atoms with Crippen LogP contribution in [-0.2, 0) is 6.54 Å². The highest BCUT2D eigenvalue weighted by Crippen LogP contribution is 2.32. The molecule has 0 amide bonds. The van der Waals surface area contributed by atoms with E-state index in [1.54, 1.807) is 13.2 Å². The molecular weight excluding hydrogens is 395 g/mol. The van der Waals surface area contributed by atoms with Crippen LogP contribution in [0.5, 0.6) is 11.5 Å². The maximum atomic E-state index is 6.44. The van der Waals surface area contributed by atoms with Crippen molar-refractivity contribution in [2.45, 2.75) is 6.54 Å². The number of para-hydroxylation sites is 2. The molecule has 0 spiro atoms. The normalized spacial score (nSPS) is 11.0. The van der Waals surface area contributed by atoms with Crippen LogP contribution >= 0.6 is 23.2 Å². The first-order chi connectivity index (χ1) is 13.7. The number of imidazole rings is 1. The third-order valence-electron chi connectivity index (χ3n) is 4.47. The molecule has 0 aliphatic rings. The van der Waals surface area contributed by atoms with E-state index >= 15 is 0 Å². The molecule has 0 N–H and O–H groups in total. The summed E-state index contributed by atoms with van der Waals surface area (Å²) in [5.41, 5.74) is 2.78. The Morgan fingerprint density at radius 1 is 0.929 bits per heavy atom. The van der Waals surface area contributed by atoms with Crippen LogP contribution in [0, 0.1) is 0 Å². The van der Waals surface area contributed by atoms with Gasteiger partial charge in [0.2, 0.25) is 0 Å². The highest BCUT2D eigenvalue weighted by molar-refractivity contribution is 6.36. The minimum absolute atomic E-state index is 0.491. The lowest BCUT2D eigenvalue weighted by molar-refractivity contribution is 0.300. The number of aromatic nitrogens is 2. The van der Waals surface area contributed by atoms with Gasteiger partial charge >= 0.3 is 0 Å². The third kappa shape index (κ3) is 3.79. The molecule has 0 aliphatic carbocycles. The third-order valence-corrected chi connectivity index (χ3v) is 5.02. The van der Waals surface area contributed by atoms with Gasteiger partial charge in [0.25, 0.3) is 0 Å². The van der Waals surface area contributed by atoms with E-state index in [4.69, 9.17) is 37.7 Å². The molecule has 6 heteroatoms. The van der Waals surface area contributed by atoms with Gasteiger partial charge in [-0.1, -0.05) is 35.3 Å². The molecule has 0 unspecified atom stereocenters. The molecule has 1 heterocycles. The zero-order chi connectivity index (χ0) is 19.5. The van der Waals surface area contributed by atoms with Crippen molar-refractivity contribution in [3.05, 3.63) is 76.8 Å². The van der Waals surface area contributed by atoms with Gasteiger partial charge in [-0.2, -0.15) is 0 Å². The highest BCUT2D eigenvalue weighted by Gasteiger charge is 2.15. The number of hydrogen-bond donors (Lipinski definition) is 0. The largest absolute Gasteiger partial charge is 0.497 e. The van der Waals surface area contributed by atoms with Gasteiger partial charge in [0.15, 0.2) is 0 Å². The molecule has 4 aromatic rings. The molecule has 0 saturated heterocycles. The fourth-order valence-corrected chi connectivity index (χ4v) is 3.60. The van der Waals surface area contributed by atoms with Crippen LogP contribution in [0.1, 0.15) is 0 Å². The second-order valence-electron chi connectivity index (χ2n) is 6.22. The average Bonchev–Trinajstić information content (AvgIpc) is 3.07. The number of fused-ring (bicyclic) bond motifs is 1. The summed E-state index contributed by atoms with van der Waals surface area (Å²) in [6.07, 6.45) is 0. The second kappa shape index (κ2) is 8.13. The Balaban J connectivity index is 1.63. The first kappa shape index (κ1) is 18.7. The Bertz CT molecular complexity index is 1110. The number of nitrogens with zero attached hydrogens (tertiary/aromatic N) is 2. The lowest BCUT2D eigenvalue weighted by Crippen LogP contribution is -2.09. The second-order valence-corrected chi connectivity index (χ2v) is 7.07. The van der Waals surface area contributed by atoms with Crippen molar-refractivity contribution >= 4 is 34.2 Å². The smallest absolute Gasteiger partial charge is 0.142 e. The number of ether oxygens (including phenoxy) is 2. The number of methoxy groups -OCH3 is 1. The molecule has 0 fully saturated rings. The van der Waals surface area contributed by atoms with E-state index in [0.717, 1.165) is 33.9 Å². The zero-order valence-electron chi connectivity index (χ0n) is 15.2. The van der Waals surface area contributed by atoms with Crippen molar-refractivity contribution in [3.8, 4) is 22.9 Å². The van der Waals surface area contributed by atoms with E-state index in [1.165, 1.54) is 0 Å². The highest BCUT2D eigenvalue weighted by atomic mass is 35.5. The van der Waals surface area contributed by atoms with Gasteiger partial charge in [-0.05, 0) is 54.6 Å². The van der Waals surface area contributed by atoms with Gasteiger partial charge in [0.05, 0.1) is 29.7 Å². The summed E-state index contributed by atoms with van der Waals surface area (Å²) < 4.78 is 13.2. The Morgan fingerprint density at radius 2 is 1.68 bits per heavy atom. The minimum Gasteiger partial charge on any atom is -0.497 e. The summed E-state index contributed by atoms with van der Waals surface area (Å²) in [6, 6.07) is 21.0. The predicted molar refractivity (Wildman–Crippen MR) is 114 cm³/mol. The fraction of sp³-hybridized carbons (Fsp3) is 0.136. The van der Waals surface area contributed by atoms with Crippen molar-refractivity contribution in [1.82, 2.24) is 9.55 Å². The van der Waals surface area contributed by atoms with Gasteiger partial charge in [0.1, 0.15) is 23.9 Å². The van der Waals surface area contributed by atoms with E-state index in [9.17, 15) is 0 Å². The molecule has 142 valence electrons. The van der Waals surface area contributed by atoms with Crippen molar-refractivity contribution in [3.63, 3.8) is 0 Å². The fourth-order valence-electron chi connectivity index (χ4n) is 3.11. The first-order valence-corrected chi connectivity index (χ1v) is 9.59. The molecular formula is C22H18Cl2N2O2. The van der Waals surface area contributed by atoms with Crippen molar-refractivity contribution in [2.75, 3.05) is 13.7 Å². The molecule has 1 aromatic heterocycles. The molecule has 0 saturated carbocycles.